The van der Waals surface area contributed by atoms with E-state index in [1.165, 1.54) is 6.42 Å². The number of rotatable bonds is 5. The van der Waals surface area contributed by atoms with Crippen molar-refractivity contribution in [2.45, 2.75) is 38.3 Å². The fourth-order valence-corrected chi connectivity index (χ4v) is 3.65. The van der Waals surface area contributed by atoms with Gasteiger partial charge in [-0.15, -0.1) is 0 Å². The highest BCUT2D eigenvalue weighted by Gasteiger charge is 2.24. The van der Waals surface area contributed by atoms with Gasteiger partial charge in [-0.3, -0.25) is 0 Å². The van der Waals surface area contributed by atoms with Gasteiger partial charge in [-0.2, -0.15) is 0 Å². The van der Waals surface area contributed by atoms with Crippen molar-refractivity contribution in [2.24, 2.45) is 5.92 Å². The molecule has 0 spiro atoms. The van der Waals surface area contributed by atoms with Crippen molar-refractivity contribution >= 4 is 6.03 Å². The van der Waals surface area contributed by atoms with Crippen LogP contribution in [0.4, 0.5) is 4.79 Å². The maximum absolute atomic E-state index is 12.2. The minimum absolute atomic E-state index is 0.140. The van der Waals surface area contributed by atoms with Gasteiger partial charge in [0.25, 0.3) is 0 Å². The quantitative estimate of drug-likeness (QED) is 0.764. The number of phenolic OH excluding ortho intramolecular Hbond substituents is 1. The summed E-state index contributed by atoms with van der Waals surface area (Å²) in [7, 11) is 0. The molecule has 0 saturated carbocycles. The second-order valence-corrected chi connectivity index (χ2v) is 7.24. The van der Waals surface area contributed by atoms with Crippen molar-refractivity contribution in [3.05, 3.63) is 29.8 Å². The Kier molecular flexibility index (Phi) is 6.15. The SMILES string of the molecule is CC(NC(=O)NC1CCN(CC2CCOC2)CC1)c1cccc(O)c1. The van der Waals surface area contributed by atoms with E-state index in [-0.39, 0.29) is 23.9 Å². The molecule has 1 aromatic carbocycles. The molecule has 3 rings (SSSR count). The van der Waals surface area contributed by atoms with E-state index in [1.807, 2.05) is 13.0 Å². The Bertz CT molecular complexity index is 567. The topological polar surface area (TPSA) is 73.8 Å². The normalized spacial score (nSPS) is 23.3. The van der Waals surface area contributed by atoms with Gasteiger partial charge in [-0.05, 0) is 49.8 Å². The summed E-state index contributed by atoms with van der Waals surface area (Å²) in [5, 5.41) is 15.6. The highest BCUT2D eigenvalue weighted by molar-refractivity contribution is 5.74. The largest absolute Gasteiger partial charge is 0.508 e. The number of amides is 2. The number of hydrogen-bond donors (Lipinski definition) is 3. The third-order valence-corrected chi connectivity index (χ3v) is 5.18. The summed E-state index contributed by atoms with van der Waals surface area (Å²) >= 11 is 0. The maximum atomic E-state index is 12.2. The molecule has 0 aromatic heterocycles. The summed E-state index contributed by atoms with van der Waals surface area (Å²) in [6.07, 6.45) is 3.15. The molecule has 2 aliphatic rings. The van der Waals surface area contributed by atoms with Crippen LogP contribution < -0.4 is 10.6 Å². The van der Waals surface area contributed by atoms with Crippen molar-refractivity contribution in [3.8, 4) is 5.75 Å². The molecule has 2 unspecified atom stereocenters. The van der Waals surface area contributed by atoms with Gasteiger partial charge >= 0.3 is 6.03 Å². The van der Waals surface area contributed by atoms with Crippen LogP contribution in [0.2, 0.25) is 0 Å². The second kappa shape index (κ2) is 8.54. The number of ether oxygens (including phenoxy) is 1. The first kappa shape index (κ1) is 18.0. The predicted octanol–water partition coefficient (Wildman–Crippen LogP) is 2.25. The van der Waals surface area contributed by atoms with Gasteiger partial charge in [-0.1, -0.05) is 12.1 Å². The molecular formula is C19H29N3O3. The molecule has 2 atom stereocenters. The summed E-state index contributed by atoms with van der Waals surface area (Å²) in [5.41, 5.74) is 0.892. The molecule has 25 heavy (non-hydrogen) atoms. The first-order chi connectivity index (χ1) is 12.1. The summed E-state index contributed by atoms with van der Waals surface area (Å²) in [6, 6.07) is 6.93. The van der Waals surface area contributed by atoms with Crippen molar-refractivity contribution in [3.63, 3.8) is 0 Å². The van der Waals surface area contributed by atoms with Gasteiger partial charge in [0.2, 0.25) is 0 Å². The van der Waals surface area contributed by atoms with Gasteiger partial charge in [0.15, 0.2) is 0 Å². The van der Waals surface area contributed by atoms with Crippen molar-refractivity contribution < 1.29 is 14.6 Å². The van der Waals surface area contributed by atoms with E-state index >= 15 is 0 Å². The molecule has 2 aliphatic heterocycles. The summed E-state index contributed by atoms with van der Waals surface area (Å²) in [6.45, 7) is 6.90. The zero-order valence-electron chi connectivity index (χ0n) is 14.9. The second-order valence-electron chi connectivity index (χ2n) is 7.24. The fraction of sp³-hybridized carbons (Fsp3) is 0.632. The molecule has 138 valence electrons. The smallest absolute Gasteiger partial charge is 0.315 e. The maximum Gasteiger partial charge on any atom is 0.315 e. The number of nitrogens with zero attached hydrogens (tertiary/aromatic N) is 1. The molecule has 3 N–H and O–H groups in total. The molecule has 0 bridgehead atoms. The summed E-state index contributed by atoms with van der Waals surface area (Å²) < 4.78 is 5.45. The molecule has 0 aliphatic carbocycles. The summed E-state index contributed by atoms with van der Waals surface area (Å²) in [5.74, 6) is 0.891. The molecular weight excluding hydrogens is 318 g/mol. The van der Waals surface area contributed by atoms with Crippen molar-refractivity contribution in [1.82, 2.24) is 15.5 Å². The van der Waals surface area contributed by atoms with Crippen molar-refractivity contribution in [2.75, 3.05) is 32.8 Å². The number of hydrogen-bond acceptors (Lipinski definition) is 4. The molecule has 1 aromatic rings. The van der Waals surface area contributed by atoms with Crippen LogP contribution in [0.15, 0.2) is 24.3 Å². The molecule has 6 heteroatoms. The number of piperidine rings is 1. The van der Waals surface area contributed by atoms with E-state index in [4.69, 9.17) is 4.74 Å². The lowest BCUT2D eigenvalue weighted by Gasteiger charge is -2.33. The Morgan fingerprint density at radius 3 is 2.84 bits per heavy atom. The van der Waals surface area contributed by atoms with Gasteiger partial charge in [0.1, 0.15) is 5.75 Å². The molecule has 6 nitrogen and oxygen atoms in total. The predicted molar refractivity (Wildman–Crippen MR) is 96.6 cm³/mol. The molecule has 2 heterocycles. The van der Waals surface area contributed by atoms with Gasteiger partial charge in [0.05, 0.1) is 12.6 Å². The van der Waals surface area contributed by atoms with E-state index < -0.39 is 0 Å². The minimum Gasteiger partial charge on any atom is -0.508 e. The third kappa shape index (κ3) is 5.34. The average molecular weight is 347 g/mol. The first-order valence-corrected chi connectivity index (χ1v) is 9.26. The van der Waals surface area contributed by atoms with E-state index in [2.05, 4.69) is 15.5 Å². The number of phenols is 1. The van der Waals surface area contributed by atoms with E-state index in [9.17, 15) is 9.90 Å². The van der Waals surface area contributed by atoms with Crippen LogP contribution in [0.3, 0.4) is 0 Å². The van der Waals surface area contributed by atoms with Crippen LogP contribution in [0.5, 0.6) is 5.75 Å². The lowest BCUT2D eigenvalue weighted by atomic mass is 10.0. The van der Waals surface area contributed by atoms with Crippen LogP contribution in [0.1, 0.15) is 37.8 Å². The highest BCUT2D eigenvalue weighted by atomic mass is 16.5. The first-order valence-electron chi connectivity index (χ1n) is 9.26. The Morgan fingerprint density at radius 2 is 2.16 bits per heavy atom. The Balaban J connectivity index is 1.38. The average Bonchev–Trinajstić information content (AvgIpc) is 3.09. The zero-order valence-corrected chi connectivity index (χ0v) is 14.9. The molecule has 2 fully saturated rings. The number of aromatic hydroxyl groups is 1. The molecule has 2 amide bonds. The lowest BCUT2D eigenvalue weighted by Crippen LogP contribution is -2.49. The van der Waals surface area contributed by atoms with Crippen LogP contribution in [-0.4, -0.2) is 54.9 Å². The number of benzene rings is 1. The summed E-state index contributed by atoms with van der Waals surface area (Å²) in [4.78, 5) is 14.7. The minimum atomic E-state index is -0.144. The zero-order chi connectivity index (χ0) is 17.6. The number of nitrogens with one attached hydrogen (secondary N) is 2. The van der Waals surface area contributed by atoms with Crippen LogP contribution in [0, 0.1) is 5.92 Å². The Labute approximate surface area is 149 Å². The number of likely N-dealkylation sites (tertiary alicyclic amines) is 1. The lowest BCUT2D eigenvalue weighted by molar-refractivity contribution is 0.147. The fourth-order valence-electron chi connectivity index (χ4n) is 3.65. The van der Waals surface area contributed by atoms with Gasteiger partial charge < -0.3 is 25.4 Å². The van der Waals surface area contributed by atoms with Crippen LogP contribution in [0.25, 0.3) is 0 Å². The van der Waals surface area contributed by atoms with Gasteiger partial charge in [0, 0.05) is 32.3 Å². The van der Waals surface area contributed by atoms with Crippen LogP contribution in [-0.2, 0) is 4.74 Å². The third-order valence-electron chi connectivity index (χ3n) is 5.18. The number of carbonyl (C=O) groups is 1. The molecule has 2 saturated heterocycles. The van der Waals surface area contributed by atoms with E-state index in [0.29, 0.717) is 5.92 Å². The highest BCUT2D eigenvalue weighted by Crippen LogP contribution is 2.19. The van der Waals surface area contributed by atoms with E-state index in [1.54, 1.807) is 18.2 Å². The number of urea groups is 1. The Hall–Kier alpha value is -1.79. The standard InChI is InChI=1S/C19H29N3O3/c1-14(16-3-2-4-18(23)11-16)20-19(24)21-17-5-8-22(9-6-17)12-15-7-10-25-13-15/h2-4,11,14-15,17,23H,5-10,12-13H2,1H3,(H2,20,21,24). The van der Waals surface area contributed by atoms with Crippen molar-refractivity contribution in [1.29, 1.82) is 0 Å². The number of carbonyl (C=O) groups excluding carboxylic acids is 1. The Morgan fingerprint density at radius 1 is 1.36 bits per heavy atom. The van der Waals surface area contributed by atoms with Crippen LogP contribution >= 0.6 is 0 Å². The molecule has 0 radical (unpaired) electrons. The van der Waals surface area contributed by atoms with Gasteiger partial charge in [-0.25, -0.2) is 4.79 Å². The van der Waals surface area contributed by atoms with E-state index in [0.717, 1.165) is 51.3 Å². The monoisotopic (exact) mass is 347 g/mol.